The van der Waals surface area contributed by atoms with Crippen LogP contribution in [0.2, 0.25) is 0 Å². The van der Waals surface area contributed by atoms with Gasteiger partial charge in [0, 0.05) is 6.54 Å². The lowest BCUT2D eigenvalue weighted by molar-refractivity contribution is -0.213. The summed E-state index contributed by atoms with van der Waals surface area (Å²) in [5, 5.41) is 7.25. The van der Waals surface area contributed by atoms with Crippen molar-refractivity contribution in [2.45, 2.75) is 44.7 Å². The van der Waals surface area contributed by atoms with Crippen LogP contribution in [0.25, 0.3) is 0 Å². The van der Waals surface area contributed by atoms with E-state index in [0.29, 0.717) is 24.2 Å². The summed E-state index contributed by atoms with van der Waals surface area (Å²) < 4.78 is 0. The molecule has 5 fully saturated rings. The van der Waals surface area contributed by atoms with Crippen molar-refractivity contribution < 1.29 is 4.79 Å². The molecule has 0 aromatic heterocycles. The largest absolute Gasteiger partial charge is 0.272 e. The van der Waals surface area contributed by atoms with E-state index >= 15 is 0 Å². The summed E-state index contributed by atoms with van der Waals surface area (Å²) in [4.78, 5) is 22.9. The van der Waals surface area contributed by atoms with Gasteiger partial charge in [-0.1, -0.05) is 12.1 Å². The summed E-state index contributed by atoms with van der Waals surface area (Å²) in [5.41, 5.74) is 1.58. The predicted molar refractivity (Wildman–Crippen MR) is 90.0 cm³/mol. The van der Waals surface area contributed by atoms with Crippen molar-refractivity contribution >= 4 is 11.6 Å². The minimum atomic E-state index is 0.290. The number of nitrogens with zero attached hydrogens (tertiary/aromatic N) is 3. The van der Waals surface area contributed by atoms with Crippen molar-refractivity contribution in [2.75, 3.05) is 6.54 Å². The van der Waals surface area contributed by atoms with Crippen LogP contribution < -0.4 is 0 Å². The Labute approximate surface area is 141 Å². The highest BCUT2D eigenvalue weighted by molar-refractivity contribution is 5.83. The Morgan fingerprint density at radius 3 is 2.12 bits per heavy atom. The first-order chi connectivity index (χ1) is 11.7. The molecule has 24 heavy (non-hydrogen) atoms. The molecule has 5 aliphatic rings. The second-order valence-corrected chi connectivity index (χ2v) is 8.24. The van der Waals surface area contributed by atoms with Crippen LogP contribution in [-0.2, 0) is 11.3 Å². The van der Waals surface area contributed by atoms with Crippen LogP contribution in [0.15, 0.2) is 29.4 Å². The SMILES string of the molecule is O=Nc1ccc(CN2CC(=O)N2C2C3CC4CC(C3)CC2C4)cc1. The third kappa shape index (κ3) is 2.21. The number of benzene rings is 1. The van der Waals surface area contributed by atoms with E-state index < -0.39 is 0 Å². The highest BCUT2D eigenvalue weighted by atomic mass is 16.3. The van der Waals surface area contributed by atoms with E-state index in [9.17, 15) is 9.70 Å². The van der Waals surface area contributed by atoms with Crippen LogP contribution >= 0.6 is 0 Å². The second-order valence-electron chi connectivity index (χ2n) is 8.24. The normalized spacial score (nSPS) is 37.6. The lowest BCUT2D eigenvalue weighted by Gasteiger charge is -2.61. The zero-order chi connectivity index (χ0) is 16.3. The molecule has 0 radical (unpaired) electrons. The van der Waals surface area contributed by atoms with Gasteiger partial charge in [0.15, 0.2) is 0 Å². The van der Waals surface area contributed by atoms with Crippen LogP contribution in [-0.4, -0.2) is 28.5 Å². The fourth-order valence-corrected chi connectivity index (χ4v) is 6.04. The molecule has 0 atom stereocenters. The first-order valence-electron chi connectivity index (χ1n) is 9.20. The maximum Gasteiger partial charge on any atom is 0.253 e. The third-order valence-electron chi connectivity index (χ3n) is 6.74. The van der Waals surface area contributed by atoms with Gasteiger partial charge in [0.1, 0.15) is 5.69 Å². The van der Waals surface area contributed by atoms with E-state index in [1.165, 1.54) is 32.1 Å². The lowest BCUT2D eigenvalue weighted by atomic mass is 9.54. The molecule has 1 aliphatic heterocycles. The van der Waals surface area contributed by atoms with Crippen molar-refractivity contribution in [3.8, 4) is 0 Å². The van der Waals surface area contributed by atoms with Gasteiger partial charge in [-0.05, 0) is 78.6 Å². The smallest absolute Gasteiger partial charge is 0.253 e. The Hall–Kier alpha value is -1.75. The number of hydrazine groups is 1. The van der Waals surface area contributed by atoms with Gasteiger partial charge in [-0.2, -0.15) is 0 Å². The number of carbonyl (C=O) groups excluding carboxylic acids is 1. The fourth-order valence-electron chi connectivity index (χ4n) is 6.04. The van der Waals surface area contributed by atoms with E-state index in [1.54, 1.807) is 12.1 Å². The van der Waals surface area contributed by atoms with Crippen LogP contribution in [0.3, 0.4) is 0 Å². The quantitative estimate of drug-likeness (QED) is 0.797. The fraction of sp³-hybridized carbons (Fsp3) is 0.632. The zero-order valence-corrected chi connectivity index (χ0v) is 13.8. The molecule has 4 bridgehead atoms. The van der Waals surface area contributed by atoms with E-state index in [1.807, 2.05) is 12.1 Å². The molecule has 0 spiro atoms. The molecule has 4 saturated carbocycles. The molecule has 4 aliphatic carbocycles. The predicted octanol–water partition coefficient (Wildman–Crippen LogP) is 3.47. The standard InChI is InChI=1S/C19H23N3O2/c23-18-11-21(10-12-1-3-17(20-24)4-2-12)22(18)19-15-6-13-5-14(8-15)9-16(19)7-13/h1-4,13-16,19H,5-11H2. The van der Waals surface area contributed by atoms with Crippen LogP contribution in [0.1, 0.15) is 37.7 Å². The van der Waals surface area contributed by atoms with Crippen LogP contribution in [0, 0.1) is 28.6 Å². The molecule has 0 unspecified atom stereocenters. The number of nitroso groups, excluding NO2 is 1. The molecule has 1 saturated heterocycles. The van der Waals surface area contributed by atoms with Gasteiger partial charge >= 0.3 is 0 Å². The molecule has 126 valence electrons. The Morgan fingerprint density at radius 2 is 1.58 bits per heavy atom. The molecule has 5 heteroatoms. The van der Waals surface area contributed by atoms with Crippen molar-refractivity contribution in [3.05, 3.63) is 34.7 Å². The summed E-state index contributed by atoms with van der Waals surface area (Å²) in [7, 11) is 0. The maximum absolute atomic E-state index is 12.4. The third-order valence-corrected chi connectivity index (χ3v) is 6.74. The monoisotopic (exact) mass is 325 g/mol. The summed E-state index contributed by atoms with van der Waals surface area (Å²) in [6.07, 6.45) is 6.75. The summed E-state index contributed by atoms with van der Waals surface area (Å²) in [6, 6.07) is 7.81. The number of amides is 1. The summed E-state index contributed by atoms with van der Waals surface area (Å²) in [6.45, 7) is 1.27. The highest BCUT2D eigenvalue weighted by Crippen LogP contribution is 2.55. The minimum Gasteiger partial charge on any atom is -0.272 e. The topological polar surface area (TPSA) is 53.0 Å². The average Bonchev–Trinajstić information content (AvgIpc) is 2.57. The lowest BCUT2D eigenvalue weighted by Crippen LogP contribution is -2.70. The number of rotatable bonds is 4. The van der Waals surface area contributed by atoms with Gasteiger partial charge in [0.25, 0.3) is 5.91 Å². The van der Waals surface area contributed by atoms with Gasteiger partial charge in [-0.25, -0.2) is 5.01 Å². The molecule has 1 amide bonds. The molecule has 6 rings (SSSR count). The summed E-state index contributed by atoms with van der Waals surface area (Å²) in [5.74, 6) is 3.58. The first kappa shape index (κ1) is 14.6. The molecule has 0 N–H and O–H groups in total. The number of hydrogen-bond donors (Lipinski definition) is 0. The molecule has 5 nitrogen and oxygen atoms in total. The van der Waals surface area contributed by atoms with Gasteiger partial charge in [-0.3, -0.25) is 9.80 Å². The Kier molecular flexibility index (Phi) is 3.27. The van der Waals surface area contributed by atoms with Gasteiger partial charge in [0.05, 0.1) is 12.6 Å². The molecular formula is C19H23N3O2. The Morgan fingerprint density at radius 1 is 0.958 bits per heavy atom. The van der Waals surface area contributed by atoms with Crippen molar-refractivity contribution in [3.63, 3.8) is 0 Å². The van der Waals surface area contributed by atoms with Gasteiger partial charge in [0.2, 0.25) is 0 Å². The Balaban J connectivity index is 1.33. The van der Waals surface area contributed by atoms with E-state index in [4.69, 9.17) is 0 Å². The average molecular weight is 325 g/mol. The highest BCUT2D eigenvalue weighted by Gasteiger charge is 2.54. The van der Waals surface area contributed by atoms with Gasteiger partial charge < -0.3 is 0 Å². The summed E-state index contributed by atoms with van der Waals surface area (Å²) >= 11 is 0. The van der Waals surface area contributed by atoms with E-state index in [2.05, 4.69) is 15.2 Å². The van der Waals surface area contributed by atoms with Gasteiger partial charge in [-0.15, -0.1) is 4.91 Å². The number of carbonyl (C=O) groups is 1. The van der Waals surface area contributed by atoms with Crippen molar-refractivity contribution in [1.29, 1.82) is 0 Å². The first-order valence-corrected chi connectivity index (χ1v) is 9.20. The van der Waals surface area contributed by atoms with Crippen molar-refractivity contribution in [2.24, 2.45) is 28.8 Å². The van der Waals surface area contributed by atoms with Crippen LogP contribution in [0.4, 0.5) is 5.69 Å². The van der Waals surface area contributed by atoms with E-state index in [-0.39, 0.29) is 0 Å². The van der Waals surface area contributed by atoms with E-state index in [0.717, 1.165) is 35.8 Å². The second kappa shape index (κ2) is 5.38. The molecule has 1 aromatic rings. The van der Waals surface area contributed by atoms with Crippen LogP contribution in [0.5, 0.6) is 0 Å². The molecule has 1 heterocycles. The number of hydrogen-bond acceptors (Lipinski definition) is 4. The zero-order valence-electron chi connectivity index (χ0n) is 13.8. The Bertz CT molecular complexity index is 644. The molecule has 1 aromatic carbocycles. The molecular weight excluding hydrogens is 302 g/mol. The minimum absolute atomic E-state index is 0.290. The maximum atomic E-state index is 12.4. The van der Waals surface area contributed by atoms with Crippen molar-refractivity contribution in [1.82, 2.24) is 10.0 Å².